The minimum Gasteiger partial charge on any atom is -0.313 e. The summed E-state index contributed by atoms with van der Waals surface area (Å²) >= 11 is 0. The summed E-state index contributed by atoms with van der Waals surface area (Å²) in [6.45, 7) is 18.4. The first-order valence-corrected chi connectivity index (χ1v) is 20.3. The Balaban J connectivity index is 1.26. The Hall–Kier alpha value is -3.36. The number of hydroxylamine groups is 4. The monoisotopic (exact) mass is 722 g/mol. The van der Waals surface area contributed by atoms with Gasteiger partial charge in [0.2, 0.25) is 0 Å². The fourth-order valence-electron chi connectivity index (χ4n) is 12.9. The summed E-state index contributed by atoms with van der Waals surface area (Å²) in [6.07, 6.45) is 3.20. The Kier molecular flexibility index (Phi) is 8.11. The van der Waals surface area contributed by atoms with Crippen LogP contribution in [0.3, 0.4) is 0 Å². The lowest BCUT2D eigenvalue weighted by atomic mass is 9.42. The van der Waals surface area contributed by atoms with E-state index in [-0.39, 0.29) is 23.9 Å². The van der Waals surface area contributed by atoms with E-state index >= 15 is 0 Å². The van der Waals surface area contributed by atoms with Gasteiger partial charge in [-0.2, -0.15) is 0 Å². The highest BCUT2D eigenvalue weighted by atomic mass is 16.5. The standard InChI is InChI=1S/C48H58N4O2/c1-43(2)25-31(26-44(3,4)51(43)53)49-29-47-37-21-13-9-17-33(37)42(34-18-10-14-22-38(34)47)48(30-50-32-27-45(5,6)52(54)46(7,8)28-32)39-23-15-11-19-35(39)41(47)36-20-12-16-24-40(36)48/h9-24,31-32,41-42,49-50H,25-30H2,1-8H3. The Labute approximate surface area is 322 Å². The number of hydrogen-bond donors (Lipinski definition) is 2. The molecule has 2 aliphatic heterocycles. The third-order valence-corrected chi connectivity index (χ3v) is 14.5. The van der Waals surface area contributed by atoms with E-state index in [1.165, 1.54) is 54.6 Å². The summed E-state index contributed by atoms with van der Waals surface area (Å²) in [6, 6.07) is 37.8. The second-order valence-electron chi connectivity index (χ2n) is 20.0. The van der Waals surface area contributed by atoms with Crippen molar-refractivity contribution in [1.82, 2.24) is 20.8 Å². The maximum atomic E-state index is 13.5. The van der Waals surface area contributed by atoms with E-state index in [0.29, 0.717) is 0 Å². The number of benzene rings is 4. The van der Waals surface area contributed by atoms with E-state index in [1.54, 1.807) is 0 Å². The van der Waals surface area contributed by atoms with Crippen molar-refractivity contribution in [2.45, 2.75) is 138 Å². The summed E-state index contributed by atoms with van der Waals surface area (Å²) in [5.41, 5.74) is 8.70. The summed E-state index contributed by atoms with van der Waals surface area (Å²) in [5.74, 6) is 0.132. The van der Waals surface area contributed by atoms with E-state index in [2.05, 4.69) is 163 Å². The third-order valence-electron chi connectivity index (χ3n) is 14.5. The van der Waals surface area contributed by atoms with Gasteiger partial charge < -0.3 is 10.6 Å². The van der Waals surface area contributed by atoms with Crippen LogP contribution in [0.5, 0.6) is 0 Å². The molecule has 12 rings (SSSR count). The zero-order valence-electron chi connectivity index (χ0n) is 33.5. The van der Waals surface area contributed by atoms with Gasteiger partial charge in [0, 0.05) is 70.0 Å². The predicted octanol–water partition coefficient (Wildman–Crippen LogP) is 8.78. The highest BCUT2D eigenvalue weighted by Crippen LogP contribution is 2.68. The number of nitrogens with zero attached hydrogens (tertiary/aromatic N) is 2. The number of nitrogens with one attached hydrogen (secondary N) is 2. The lowest BCUT2D eigenvalue weighted by molar-refractivity contribution is -0.290. The largest absolute Gasteiger partial charge is 0.313 e. The molecule has 0 spiro atoms. The van der Waals surface area contributed by atoms with Gasteiger partial charge in [0.25, 0.3) is 0 Å². The minimum absolute atomic E-state index is 0.0660. The SMILES string of the molecule is CC1(C)CC(NCC23c4ccccc4C(c4ccccc42)C2(CNC4CC(C)(C)N([O])C(C)(C)C4)c4ccccc4C3c3ccccc32)CC(C)(C)N1[O]. The fourth-order valence-corrected chi connectivity index (χ4v) is 12.9. The van der Waals surface area contributed by atoms with Crippen LogP contribution >= 0.6 is 0 Å². The van der Waals surface area contributed by atoms with Crippen LogP contribution in [0.2, 0.25) is 0 Å². The molecule has 2 fully saturated rings. The molecule has 4 aromatic rings. The van der Waals surface area contributed by atoms with Crippen LogP contribution in [-0.2, 0) is 21.2 Å². The van der Waals surface area contributed by atoms with Crippen LogP contribution in [0.15, 0.2) is 97.1 Å². The molecule has 0 atom stereocenters. The van der Waals surface area contributed by atoms with Crippen LogP contribution in [0.4, 0.5) is 0 Å². The van der Waals surface area contributed by atoms with Gasteiger partial charge in [0.05, 0.1) is 0 Å². The highest BCUT2D eigenvalue weighted by molar-refractivity contribution is 5.73. The fraction of sp³-hybridized carbons (Fsp3) is 0.500. The summed E-state index contributed by atoms with van der Waals surface area (Å²) in [4.78, 5) is 0. The quantitative estimate of drug-likeness (QED) is 0.209. The average molecular weight is 723 g/mol. The van der Waals surface area contributed by atoms with Gasteiger partial charge in [-0.1, -0.05) is 97.1 Å². The maximum Gasteiger partial charge on any atom is 0.0458 e. The van der Waals surface area contributed by atoms with E-state index < -0.39 is 33.0 Å². The van der Waals surface area contributed by atoms with Crippen LogP contribution in [-0.4, -0.2) is 57.5 Å². The lowest BCUT2D eigenvalue weighted by Crippen LogP contribution is -2.64. The minimum atomic E-state index is -0.461. The number of hydrogen-bond acceptors (Lipinski definition) is 4. The molecule has 54 heavy (non-hydrogen) atoms. The molecule has 2 saturated heterocycles. The first-order valence-electron chi connectivity index (χ1n) is 20.3. The topological polar surface area (TPSA) is 70.3 Å². The van der Waals surface area contributed by atoms with Crippen LogP contribution in [0.25, 0.3) is 0 Å². The molecule has 8 aliphatic rings. The van der Waals surface area contributed by atoms with Crippen molar-refractivity contribution >= 4 is 0 Å². The highest BCUT2D eigenvalue weighted by Gasteiger charge is 2.63. The van der Waals surface area contributed by atoms with Gasteiger partial charge in [-0.05, 0) is 126 Å². The molecule has 0 amide bonds. The molecule has 2 heterocycles. The van der Waals surface area contributed by atoms with Crippen molar-refractivity contribution in [1.29, 1.82) is 0 Å². The number of rotatable bonds is 6. The lowest BCUT2D eigenvalue weighted by Gasteiger charge is -2.61. The molecule has 0 saturated carbocycles. The predicted molar refractivity (Wildman–Crippen MR) is 214 cm³/mol. The van der Waals surface area contributed by atoms with Crippen LogP contribution in [0, 0.1) is 0 Å². The molecule has 282 valence electrons. The normalized spacial score (nSPS) is 30.5. The molecule has 4 bridgehead atoms. The first-order chi connectivity index (χ1) is 25.5. The Morgan fingerprint density at radius 3 is 0.944 bits per heavy atom. The number of piperidine rings is 2. The maximum absolute atomic E-state index is 13.5. The van der Waals surface area contributed by atoms with Crippen molar-refractivity contribution in [2.75, 3.05) is 13.1 Å². The van der Waals surface area contributed by atoms with Crippen LogP contribution < -0.4 is 10.6 Å². The van der Waals surface area contributed by atoms with Gasteiger partial charge in [-0.3, -0.25) is 0 Å². The molecule has 6 aliphatic carbocycles. The van der Waals surface area contributed by atoms with Crippen molar-refractivity contribution in [3.8, 4) is 0 Å². The zero-order chi connectivity index (χ0) is 38.1. The molecule has 4 aromatic carbocycles. The van der Waals surface area contributed by atoms with E-state index in [4.69, 9.17) is 0 Å². The summed E-state index contributed by atoms with van der Waals surface area (Å²) in [7, 11) is 0. The van der Waals surface area contributed by atoms with Crippen molar-refractivity contribution in [3.05, 3.63) is 142 Å². The van der Waals surface area contributed by atoms with Gasteiger partial charge in [0.15, 0.2) is 0 Å². The molecular weight excluding hydrogens is 665 g/mol. The first kappa shape index (κ1) is 36.3. The Morgan fingerprint density at radius 2 is 0.685 bits per heavy atom. The smallest absolute Gasteiger partial charge is 0.0458 e. The van der Waals surface area contributed by atoms with Crippen molar-refractivity contribution in [3.63, 3.8) is 0 Å². The Morgan fingerprint density at radius 1 is 0.444 bits per heavy atom. The van der Waals surface area contributed by atoms with Gasteiger partial charge in [-0.25, -0.2) is 0 Å². The van der Waals surface area contributed by atoms with Crippen molar-refractivity contribution in [2.24, 2.45) is 0 Å². The van der Waals surface area contributed by atoms with Crippen molar-refractivity contribution < 1.29 is 10.4 Å². The average Bonchev–Trinajstić information content (AvgIpc) is 3.12. The van der Waals surface area contributed by atoms with Crippen LogP contribution in [0.1, 0.15) is 137 Å². The molecule has 6 heteroatoms. The van der Waals surface area contributed by atoms with E-state index in [0.717, 1.165) is 38.8 Å². The summed E-state index contributed by atoms with van der Waals surface area (Å²) < 4.78 is 0. The van der Waals surface area contributed by atoms with Gasteiger partial charge in [0.1, 0.15) is 0 Å². The zero-order valence-corrected chi connectivity index (χ0v) is 33.5. The second-order valence-corrected chi connectivity index (χ2v) is 20.0. The van der Waals surface area contributed by atoms with E-state index in [9.17, 15) is 10.4 Å². The summed E-state index contributed by atoms with van der Waals surface area (Å²) in [5, 5.41) is 38.0. The molecular formula is C48H58N4O2. The molecule has 0 unspecified atom stereocenters. The third kappa shape index (κ3) is 5.00. The van der Waals surface area contributed by atoms with Gasteiger partial charge in [-0.15, -0.1) is 20.5 Å². The molecule has 6 nitrogen and oxygen atoms in total. The van der Waals surface area contributed by atoms with E-state index in [1.807, 2.05) is 0 Å². The second kappa shape index (κ2) is 12.1. The van der Waals surface area contributed by atoms with Gasteiger partial charge >= 0.3 is 0 Å². The molecule has 0 aromatic heterocycles. The molecule has 2 N–H and O–H groups in total. The Bertz CT molecular complexity index is 1820. The molecule has 2 radical (unpaired) electrons.